The van der Waals surface area contributed by atoms with E-state index < -0.39 is 6.04 Å². The van der Waals surface area contributed by atoms with Crippen molar-refractivity contribution in [2.75, 3.05) is 26.6 Å². The molecule has 0 amide bonds. The molecule has 0 bridgehead atoms. The van der Waals surface area contributed by atoms with Crippen LogP contribution >= 0.6 is 0 Å². The molecule has 31 heavy (non-hydrogen) atoms. The minimum absolute atomic E-state index is 0.0242. The molecule has 2 aliphatic rings. The largest absolute Gasteiger partial charge is 0.493 e. The van der Waals surface area contributed by atoms with E-state index in [9.17, 15) is 4.79 Å². The first-order chi connectivity index (χ1) is 15.1. The second kappa shape index (κ2) is 7.50. The number of rotatable bonds is 5. The third-order valence-corrected chi connectivity index (χ3v) is 5.81. The first kappa shape index (κ1) is 19.2. The number of benzene rings is 1. The van der Waals surface area contributed by atoms with Gasteiger partial charge in [0.05, 0.1) is 27.6 Å². The molecule has 9 nitrogen and oxygen atoms in total. The monoisotopic (exact) mass is 422 g/mol. The molecule has 1 N–H and O–H groups in total. The maximum atomic E-state index is 13.4. The summed E-state index contributed by atoms with van der Waals surface area (Å²) < 4.78 is 23.8. The van der Waals surface area contributed by atoms with Crippen LogP contribution in [-0.2, 0) is 4.79 Å². The molecular formula is C22H22N4O5. The molecule has 2 atom stereocenters. The van der Waals surface area contributed by atoms with Crippen molar-refractivity contribution in [3.63, 3.8) is 0 Å². The highest BCUT2D eigenvalue weighted by atomic mass is 16.5. The Hall–Kier alpha value is -3.75. The number of ketones is 1. The molecule has 0 saturated heterocycles. The third kappa shape index (κ3) is 3.04. The Kier molecular flexibility index (Phi) is 4.65. The Bertz CT molecular complexity index is 1140. The van der Waals surface area contributed by atoms with Gasteiger partial charge in [-0.2, -0.15) is 10.1 Å². The average Bonchev–Trinajstić information content (AvgIpc) is 3.48. The van der Waals surface area contributed by atoms with Gasteiger partial charge in [-0.3, -0.25) is 4.79 Å². The number of carbonyl (C=O) groups excluding carboxylic acids is 1. The fourth-order valence-electron chi connectivity index (χ4n) is 4.44. The number of allylic oxidation sites excluding steroid dienone is 2. The number of hydrogen-bond donors (Lipinski definition) is 1. The second-order valence-corrected chi connectivity index (χ2v) is 7.45. The van der Waals surface area contributed by atoms with E-state index in [1.165, 1.54) is 6.33 Å². The van der Waals surface area contributed by atoms with Crippen molar-refractivity contribution in [1.82, 2.24) is 14.8 Å². The van der Waals surface area contributed by atoms with Crippen LogP contribution in [0.1, 0.15) is 36.1 Å². The van der Waals surface area contributed by atoms with Crippen LogP contribution in [0.3, 0.4) is 0 Å². The van der Waals surface area contributed by atoms with Crippen LogP contribution < -0.4 is 19.5 Å². The van der Waals surface area contributed by atoms with Gasteiger partial charge in [-0.1, -0.05) is 0 Å². The molecule has 0 fully saturated rings. The highest BCUT2D eigenvalue weighted by molar-refractivity contribution is 6.00. The van der Waals surface area contributed by atoms with Crippen molar-refractivity contribution >= 4 is 11.7 Å². The molecular weight excluding hydrogens is 400 g/mol. The minimum Gasteiger partial charge on any atom is -0.493 e. The molecule has 2 aromatic heterocycles. The van der Waals surface area contributed by atoms with Gasteiger partial charge in [0, 0.05) is 23.6 Å². The molecule has 3 heterocycles. The molecule has 3 aromatic rings. The summed E-state index contributed by atoms with van der Waals surface area (Å²) in [6.45, 7) is 0. The lowest BCUT2D eigenvalue weighted by Gasteiger charge is -2.34. The normalized spacial score (nSPS) is 20.0. The van der Waals surface area contributed by atoms with E-state index in [-0.39, 0.29) is 11.7 Å². The quantitative estimate of drug-likeness (QED) is 0.668. The lowest BCUT2D eigenvalue weighted by Crippen LogP contribution is -2.33. The van der Waals surface area contributed by atoms with Gasteiger partial charge in [-0.15, -0.1) is 0 Å². The van der Waals surface area contributed by atoms with Gasteiger partial charge in [-0.05, 0) is 36.2 Å². The van der Waals surface area contributed by atoms with Crippen LogP contribution in [0.4, 0.5) is 5.95 Å². The summed E-state index contributed by atoms with van der Waals surface area (Å²) in [7, 11) is 4.68. The summed E-state index contributed by atoms with van der Waals surface area (Å²) in [5, 5.41) is 7.69. The van der Waals surface area contributed by atoms with E-state index in [0.717, 1.165) is 17.0 Å². The van der Waals surface area contributed by atoms with Crippen molar-refractivity contribution < 1.29 is 23.4 Å². The fourth-order valence-corrected chi connectivity index (χ4v) is 4.44. The summed E-state index contributed by atoms with van der Waals surface area (Å²) in [4.78, 5) is 17.7. The number of carbonyl (C=O) groups is 1. The van der Waals surface area contributed by atoms with E-state index in [4.69, 9.17) is 18.6 Å². The molecule has 1 aliphatic carbocycles. The van der Waals surface area contributed by atoms with Crippen LogP contribution in [0.5, 0.6) is 17.2 Å². The highest BCUT2D eigenvalue weighted by Crippen LogP contribution is 2.47. The van der Waals surface area contributed by atoms with Crippen molar-refractivity contribution in [2.24, 2.45) is 0 Å². The SMILES string of the molecule is COc1cc([C@H]2C3=C(C[C@@H](c4ccco4)CC3=O)Nc3ncnn32)cc(OC)c1OC. The van der Waals surface area contributed by atoms with Crippen molar-refractivity contribution in [2.45, 2.75) is 24.8 Å². The van der Waals surface area contributed by atoms with Gasteiger partial charge < -0.3 is 23.9 Å². The molecule has 0 saturated carbocycles. The van der Waals surface area contributed by atoms with Crippen LogP contribution in [0, 0.1) is 0 Å². The van der Waals surface area contributed by atoms with Gasteiger partial charge in [0.1, 0.15) is 18.1 Å². The van der Waals surface area contributed by atoms with Crippen LogP contribution in [-0.4, -0.2) is 41.9 Å². The summed E-state index contributed by atoms with van der Waals surface area (Å²) in [5.74, 6) is 2.90. The van der Waals surface area contributed by atoms with Crippen molar-refractivity contribution in [1.29, 1.82) is 0 Å². The van der Waals surface area contributed by atoms with Crippen molar-refractivity contribution in [3.8, 4) is 17.2 Å². The molecule has 0 spiro atoms. The standard InChI is InChI=1S/C22H22N4O5/c1-28-17-9-13(10-18(29-2)21(17)30-3)20-19-14(25-22-23-11-24-26(20)22)7-12(8-15(19)27)16-5-4-6-31-16/h4-6,9-12,20H,7-8H2,1-3H3,(H,23,24,25)/t12-,20+/m1/s1. The van der Waals surface area contributed by atoms with Crippen LogP contribution in [0.15, 0.2) is 52.5 Å². The zero-order valence-electron chi connectivity index (χ0n) is 17.4. The Labute approximate surface area is 178 Å². The van der Waals surface area contributed by atoms with Crippen molar-refractivity contribution in [3.05, 3.63) is 59.4 Å². The summed E-state index contributed by atoms with van der Waals surface area (Å²) >= 11 is 0. The van der Waals surface area contributed by atoms with E-state index >= 15 is 0 Å². The van der Waals surface area contributed by atoms with E-state index in [0.29, 0.717) is 41.6 Å². The number of ether oxygens (including phenoxy) is 3. The Morgan fingerprint density at radius 1 is 1.13 bits per heavy atom. The Morgan fingerprint density at radius 3 is 2.55 bits per heavy atom. The Balaban J connectivity index is 1.65. The maximum Gasteiger partial charge on any atom is 0.226 e. The lowest BCUT2D eigenvalue weighted by molar-refractivity contribution is -0.117. The topological polar surface area (TPSA) is 101 Å². The third-order valence-electron chi connectivity index (χ3n) is 5.81. The van der Waals surface area contributed by atoms with Gasteiger partial charge in [0.25, 0.3) is 0 Å². The minimum atomic E-state index is -0.465. The van der Waals surface area contributed by atoms with Crippen LogP contribution in [0.25, 0.3) is 0 Å². The number of anilines is 1. The van der Waals surface area contributed by atoms with E-state index in [1.807, 2.05) is 24.3 Å². The van der Waals surface area contributed by atoms with E-state index in [2.05, 4.69) is 15.4 Å². The van der Waals surface area contributed by atoms with Gasteiger partial charge >= 0.3 is 0 Å². The number of aromatic nitrogens is 3. The van der Waals surface area contributed by atoms with Gasteiger partial charge in [0.2, 0.25) is 11.7 Å². The summed E-state index contributed by atoms with van der Waals surface area (Å²) in [6.07, 6.45) is 4.11. The predicted octanol–water partition coefficient (Wildman–Crippen LogP) is 3.31. The van der Waals surface area contributed by atoms with Gasteiger partial charge in [0.15, 0.2) is 17.3 Å². The maximum absolute atomic E-state index is 13.4. The first-order valence-corrected chi connectivity index (χ1v) is 9.90. The average molecular weight is 422 g/mol. The number of furan rings is 1. The first-order valence-electron chi connectivity index (χ1n) is 9.90. The molecule has 1 aromatic carbocycles. The molecule has 0 unspecified atom stereocenters. The zero-order chi connectivity index (χ0) is 21.5. The highest BCUT2D eigenvalue weighted by Gasteiger charge is 2.40. The number of fused-ring (bicyclic) bond motifs is 1. The number of Topliss-reactive ketones (excluding diaryl/α,β-unsaturated/α-hetero) is 1. The second-order valence-electron chi connectivity index (χ2n) is 7.45. The number of methoxy groups -OCH3 is 3. The zero-order valence-corrected chi connectivity index (χ0v) is 17.4. The number of nitrogens with one attached hydrogen (secondary N) is 1. The van der Waals surface area contributed by atoms with Crippen LogP contribution in [0.2, 0.25) is 0 Å². The smallest absolute Gasteiger partial charge is 0.226 e. The fraction of sp³-hybridized carbons (Fsp3) is 0.318. The molecule has 0 radical (unpaired) electrons. The summed E-state index contributed by atoms with van der Waals surface area (Å²) in [5.41, 5.74) is 2.28. The number of nitrogens with zero attached hydrogens (tertiary/aromatic N) is 3. The molecule has 160 valence electrons. The molecule has 9 heteroatoms. The summed E-state index contributed by atoms with van der Waals surface area (Å²) in [6, 6.07) is 6.98. The van der Waals surface area contributed by atoms with E-state index in [1.54, 1.807) is 32.3 Å². The Morgan fingerprint density at radius 2 is 1.90 bits per heavy atom. The molecule has 1 aliphatic heterocycles. The predicted molar refractivity (Wildman–Crippen MR) is 111 cm³/mol. The number of hydrogen-bond acceptors (Lipinski definition) is 8. The lowest BCUT2D eigenvalue weighted by atomic mass is 9.79. The van der Waals surface area contributed by atoms with Gasteiger partial charge in [-0.25, -0.2) is 4.68 Å². The molecule has 5 rings (SSSR count).